The van der Waals surface area contributed by atoms with Crippen molar-refractivity contribution < 1.29 is 8.78 Å². The van der Waals surface area contributed by atoms with Gasteiger partial charge in [0.05, 0.1) is 0 Å². The van der Waals surface area contributed by atoms with Gasteiger partial charge in [-0.1, -0.05) is 45.0 Å². The summed E-state index contributed by atoms with van der Waals surface area (Å²) < 4.78 is 26.8. The fraction of sp³-hybridized carbons (Fsp3) is 0.647. The maximum atomic E-state index is 13.4. The molecule has 0 aliphatic heterocycles. The summed E-state index contributed by atoms with van der Waals surface area (Å²) in [6.45, 7) is 7.61. The van der Waals surface area contributed by atoms with Gasteiger partial charge in [-0.3, -0.25) is 0 Å². The van der Waals surface area contributed by atoms with E-state index < -0.39 is 11.8 Å². The van der Waals surface area contributed by atoms with Gasteiger partial charge in [0, 0.05) is 5.92 Å². The first-order chi connectivity index (χ1) is 8.68. The molecule has 106 valence electrons. The van der Waals surface area contributed by atoms with E-state index in [9.17, 15) is 8.78 Å². The molecule has 19 heavy (non-hydrogen) atoms. The Morgan fingerprint density at radius 2 is 1.74 bits per heavy atom. The van der Waals surface area contributed by atoms with Crippen molar-refractivity contribution in [2.45, 2.75) is 64.2 Å². The quantitative estimate of drug-likeness (QED) is 0.661. The number of rotatable bonds is 2. The van der Waals surface area contributed by atoms with Crippen LogP contribution in [0.1, 0.15) is 64.0 Å². The van der Waals surface area contributed by atoms with Gasteiger partial charge >= 0.3 is 0 Å². The normalized spacial score (nSPS) is 24.7. The third-order valence-corrected chi connectivity index (χ3v) is 4.37. The molecule has 0 saturated heterocycles. The lowest BCUT2D eigenvalue weighted by molar-refractivity contribution is -0.0372. The zero-order chi connectivity index (χ0) is 14.3. The van der Waals surface area contributed by atoms with Crippen LogP contribution in [-0.2, 0) is 5.41 Å². The summed E-state index contributed by atoms with van der Waals surface area (Å²) in [6, 6.07) is 8.49. The lowest BCUT2D eigenvalue weighted by atomic mass is 9.84. The molecule has 1 aliphatic rings. The van der Waals surface area contributed by atoms with Gasteiger partial charge in [0.25, 0.3) is 0 Å². The second-order valence-electron chi connectivity index (χ2n) is 7.04. The van der Waals surface area contributed by atoms with Crippen LogP contribution in [0.3, 0.4) is 0 Å². The van der Waals surface area contributed by atoms with E-state index in [1.54, 1.807) is 0 Å². The van der Waals surface area contributed by atoms with Gasteiger partial charge in [0.1, 0.15) is 0 Å². The van der Waals surface area contributed by atoms with Crippen molar-refractivity contribution in [2.24, 2.45) is 5.92 Å². The molecule has 0 aromatic heterocycles. The molecule has 0 radical (unpaired) electrons. The zero-order valence-electron chi connectivity index (χ0n) is 12.3. The molecular formula is C17H24F2. The Morgan fingerprint density at radius 3 is 2.26 bits per heavy atom. The van der Waals surface area contributed by atoms with Gasteiger partial charge in [-0.2, -0.15) is 0 Å². The minimum Gasteiger partial charge on any atom is -0.207 e. The van der Waals surface area contributed by atoms with Crippen LogP contribution >= 0.6 is 0 Å². The van der Waals surface area contributed by atoms with Crippen molar-refractivity contribution in [3.8, 4) is 0 Å². The van der Waals surface area contributed by atoms with Crippen LogP contribution < -0.4 is 0 Å². The minimum atomic E-state index is -2.53. The summed E-state index contributed by atoms with van der Waals surface area (Å²) in [4.78, 5) is 0. The molecule has 1 aromatic rings. The summed E-state index contributed by atoms with van der Waals surface area (Å²) in [5.41, 5.74) is 2.64. The Labute approximate surface area is 115 Å². The highest BCUT2D eigenvalue weighted by atomic mass is 19.3. The average Bonchev–Trinajstić information content (AvgIpc) is 2.77. The minimum absolute atomic E-state index is 0.114. The molecule has 1 saturated carbocycles. The number of halogens is 2. The zero-order valence-corrected chi connectivity index (χ0v) is 12.3. The smallest absolute Gasteiger partial charge is 0.207 e. The van der Waals surface area contributed by atoms with Crippen molar-refractivity contribution in [3.63, 3.8) is 0 Å². The molecule has 2 atom stereocenters. The van der Waals surface area contributed by atoms with Crippen molar-refractivity contribution >= 4 is 0 Å². The molecule has 0 heterocycles. The summed E-state index contributed by atoms with van der Waals surface area (Å²) in [5.74, 6) is -2.68. The monoisotopic (exact) mass is 266 g/mol. The van der Waals surface area contributed by atoms with Crippen LogP contribution in [-0.4, -0.2) is 5.92 Å². The third kappa shape index (κ3) is 3.34. The van der Waals surface area contributed by atoms with E-state index in [-0.39, 0.29) is 5.41 Å². The molecule has 2 heteroatoms. The van der Waals surface area contributed by atoms with E-state index in [1.807, 2.05) is 0 Å². The van der Waals surface area contributed by atoms with Gasteiger partial charge in [-0.25, -0.2) is 8.78 Å². The Hall–Kier alpha value is -0.920. The number of alkyl halides is 2. The third-order valence-electron chi connectivity index (χ3n) is 4.37. The van der Waals surface area contributed by atoms with Gasteiger partial charge in [-0.15, -0.1) is 0 Å². The van der Waals surface area contributed by atoms with E-state index in [2.05, 4.69) is 45.0 Å². The molecule has 0 bridgehead atoms. The van der Waals surface area contributed by atoms with Crippen LogP contribution in [0.5, 0.6) is 0 Å². The maximum absolute atomic E-state index is 13.4. The number of hydrogen-bond acceptors (Lipinski definition) is 0. The van der Waals surface area contributed by atoms with E-state index >= 15 is 0 Å². The van der Waals surface area contributed by atoms with E-state index in [0.717, 1.165) is 13.3 Å². The molecule has 1 aliphatic carbocycles. The second-order valence-corrected chi connectivity index (χ2v) is 7.04. The molecule has 1 fully saturated rings. The summed E-state index contributed by atoms with van der Waals surface area (Å²) in [5, 5.41) is 0. The van der Waals surface area contributed by atoms with Crippen LogP contribution in [0, 0.1) is 5.92 Å². The van der Waals surface area contributed by atoms with E-state index in [0.29, 0.717) is 18.8 Å². The van der Waals surface area contributed by atoms with E-state index in [1.165, 1.54) is 11.1 Å². The van der Waals surface area contributed by atoms with Crippen molar-refractivity contribution in [2.75, 3.05) is 0 Å². The molecular weight excluding hydrogens is 242 g/mol. The molecule has 2 unspecified atom stereocenters. The Morgan fingerprint density at radius 1 is 1.05 bits per heavy atom. The second kappa shape index (κ2) is 4.88. The largest absolute Gasteiger partial charge is 0.248 e. The summed E-state index contributed by atoms with van der Waals surface area (Å²) in [7, 11) is 0. The van der Waals surface area contributed by atoms with Crippen LogP contribution in [0.25, 0.3) is 0 Å². The molecule has 0 N–H and O–H groups in total. The predicted octanol–water partition coefficient (Wildman–Crippen LogP) is 5.52. The van der Waals surface area contributed by atoms with Gasteiger partial charge in [0.15, 0.2) is 0 Å². The Kier molecular flexibility index (Phi) is 3.72. The first-order valence-corrected chi connectivity index (χ1v) is 7.16. The number of hydrogen-bond donors (Lipinski definition) is 0. The van der Waals surface area contributed by atoms with Crippen molar-refractivity contribution in [1.82, 2.24) is 0 Å². The fourth-order valence-corrected chi connectivity index (χ4v) is 3.00. The highest BCUT2D eigenvalue weighted by Gasteiger charge is 2.40. The van der Waals surface area contributed by atoms with Gasteiger partial charge in [-0.05, 0) is 48.6 Å². The van der Waals surface area contributed by atoms with E-state index in [4.69, 9.17) is 0 Å². The van der Waals surface area contributed by atoms with Crippen molar-refractivity contribution in [1.29, 1.82) is 0 Å². The van der Waals surface area contributed by atoms with Crippen molar-refractivity contribution in [3.05, 3.63) is 35.4 Å². The Bertz CT molecular complexity index is 437. The van der Waals surface area contributed by atoms with Gasteiger partial charge in [0.2, 0.25) is 5.92 Å². The molecule has 0 amide bonds. The van der Waals surface area contributed by atoms with Crippen LogP contribution in [0.2, 0.25) is 0 Å². The highest BCUT2D eigenvalue weighted by Crippen LogP contribution is 2.45. The molecule has 1 aromatic carbocycles. The van der Waals surface area contributed by atoms with Gasteiger partial charge < -0.3 is 0 Å². The summed E-state index contributed by atoms with van der Waals surface area (Å²) in [6.07, 6.45) is 2.16. The molecule has 0 spiro atoms. The average molecular weight is 266 g/mol. The number of benzene rings is 1. The SMILES string of the molecule is CC(C)(C)c1cccc(C2CCC(C(C)(F)F)C2)c1. The van der Waals surface area contributed by atoms with Crippen LogP contribution in [0.4, 0.5) is 8.78 Å². The van der Waals surface area contributed by atoms with Crippen LogP contribution in [0.15, 0.2) is 24.3 Å². The highest BCUT2D eigenvalue weighted by molar-refractivity contribution is 5.31. The predicted molar refractivity (Wildman–Crippen MR) is 75.8 cm³/mol. The first-order valence-electron chi connectivity index (χ1n) is 7.16. The molecule has 0 nitrogen and oxygen atoms in total. The lowest BCUT2D eigenvalue weighted by Gasteiger charge is -2.22. The topological polar surface area (TPSA) is 0 Å². The Balaban J connectivity index is 2.16. The maximum Gasteiger partial charge on any atom is 0.248 e. The lowest BCUT2D eigenvalue weighted by Crippen LogP contribution is -2.21. The summed E-state index contributed by atoms with van der Waals surface area (Å²) >= 11 is 0. The fourth-order valence-electron chi connectivity index (χ4n) is 3.00. The molecule has 2 rings (SSSR count). The standard InChI is InChI=1S/C17H24F2/c1-16(2,3)14-7-5-6-12(10-14)13-8-9-15(11-13)17(4,18)19/h5-7,10,13,15H,8-9,11H2,1-4H3. The first kappa shape index (κ1) is 14.5.